The van der Waals surface area contributed by atoms with Crippen LogP contribution < -0.4 is 11.1 Å². The van der Waals surface area contributed by atoms with Crippen molar-refractivity contribution in [3.63, 3.8) is 0 Å². The zero-order valence-corrected chi connectivity index (χ0v) is 23.7. The average Bonchev–Trinajstić information content (AvgIpc) is 3.75. The van der Waals surface area contributed by atoms with Gasteiger partial charge in [-0.05, 0) is 6.42 Å². The highest BCUT2D eigenvalue weighted by Crippen LogP contribution is 2.37. The van der Waals surface area contributed by atoms with Crippen molar-refractivity contribution in [1.29, 1.82) is 0 Å². The van der Waals surface area contributed by atoms with Crippen LogP contribution in [0.25, 0.3) is 22.3 Å². The Morgan fingerprint density at radius 1 is 0.955 bits per heavy atom. The van der Waals surface area contributed by atoms with Crippen molar-refractivity contribution in [2.45, 2.75) is 76.4 Å². The topological polar surface area (TPSA) is 228 Å². The fourth-order valence-electron chi connectivity index (χ4n) is 5.00. The summed E-state index contributed by atoms with van der Waals surface area (Å²) in [6.07, 6.45) is -3.69. The van der Waals surface area contributed by atoms with Gasteiger partial charge in [-0.3, -0.25) is 18.7 Å². The van der Waals surface area contributed by atoms with Crippen molar-refractivity contribution in [1.82, 2.24) is 39.0 Å². The van der Waals surface area contributed by atoms with Gasteiger partial charge in [0.15, 0.2) is 59.3 Å². The van der Waals surface area contributed by atoms with Crippen molar-refractivity contribution >= 4 is 45.8 Å². The Bertz CT molecular complexity index is 1650. The number of aromatic nitrogens is 8. The summed E-state index contributed by atoms with van der Waals surface area (Å²) in [6.45, 7) is 3.83. The molecule has 2 aliphatic rings. The zero-order valence-electron chi connectivity index (χ0n) is 23.7. The predicted molar refractivity (Wildman–Crippen MR) is 146 cm³/mol. The molecule has 6 rings (SSSR count). The molecule has 0 aromatic carbocycles. The number of hydrogen-bond acceptors (Lipinski definition) is 14. The van der Waals surface area contributed by atoms with E-state index in [1.165, 1.54) is 48.3 Å². The summed E-state index contributed by atoms with van der Waals surface area (Å²) in [6, 6.07) is 0. The van der Waals surface area contributed by atoms with Gasteiger partial charge in [0, 0.05) is 13.8 Å². The van der Waals surface area contributed by atoms with E-state index >= 15 is 0 Å². The SMILES string of the molecule is CC[C@H]1O[C@@H](n2cnc3c(NC(C)=O)ncnc32)[C@@H](OC(C)=O)C1F.Nc1ncnc2c1ncn2[C@@H]1O[C@H](CO)C(F)[C@@H]1O. The summed E-state index contributed by atoms with van der Waals surface area (Å²) in [5, 5.41) is 21.4. The number of esters is 1. The summed E-state index contributed by atoms with van der Waals surface area (Å²) in [5.41, 5.74) is 6.99. The van der Waals surface area contributed by atoms with Gasteiger partial charge in [0.25, 0.3) is 0 Å². The molecule has 0 saturated carbocycles. The van der Waals surface area contributed by atoms with Gasteiger partial charge in [-0.1, -0.05) is 6.92 Å². The van der Waals surface area contributed by atoms with Crippen LogP contribution >= 0.6 is 0 Å². The van der Waals surface area contributed by atoms with E-state index < -0.39 is 61.8 Å². The molecule has 0 spiro atoms. The quantitative estimate of drug-likeness (QED) is 0.214. The van der Waals surface area contributed by atoms with Crippen LogP contribution in [0.2, 0.25) is 0 Å². The number of nitrogens with zero attached hydrogens (tertiary/aromatic N) is 8. The van der Waals surface area contributed by atoms with E-state index in [1.54, 1.807) is 6.92 Å². The van der Waals surface area contributed by atoms with Gasteiger partial charge in [-0.2, -0.15) is 0 Å². The molecule has 2 unspecified atom stereocenters. The minimum Gasteiger partial charge on any atom is -0.454 e. The fourth-order valence-corrected chi connectivity index (χ4v) is 5.00. The minimum atomic E-state index is -1.67. The largest absolute Gasteiger partial charge is 0.454 e. The normalized spacial score (nSPS) is 28.2. The Morgan fingerprint density at radius 3 is 2.18 bits per heavy atom. The number of ether oxygens (including phenoxy) is 3. The first-order valence-corrected chi connectivity index (χ1v) is 13.5. The molecule has 0 aliphatic carbocycles. The molecule has 0 bridgehead atoms. The van der Waals surface area contributed by atoms with Gasteiger partial charge in [0.1, 0.15) is 30.4 Å². The van der Waals surface area contributed by atoms with Crippen LogP contribution in [-0.2, 0) is 23.8 Å². The van der Waals surface area contributed by atoms with Gasteiger partial charge < -0.3 is 35.5 Å². The molecule has 44 heavy (non-hydrogen) atoms. The van der Waals surface area contributed by atoms with Crippen LogP contribution in [0.4, 0.5) is 20.4 Å². The van der Waals surface area contributed by atoms with E-state index in [9.17, 15) is 23.5 Å². The third kappa shape index (κ3) is 5.73. The van der Waals surface area contributed by atoms with Crippen molar-refractivity contribution in [2.24, 2.45) is 0 Å². The van der Waals surface area contributed by atoms with Crippen LogP contribution in [0.15, 0.2) is 25.3 Å². The standard InChI is InChI=1S/C15H18FN5O4.C10H12FN5O3/c1-4-9-10(16)12(24-8(3)23)15(25-9)21-6-19-11-13(20-7(2)22)17-5-18-14(11)21;11-5-4(1-17)19-10(7(5)18)16-3-15-6-8(12)13-2-14-9(6)16/h5-6,9-10,12,15H,4H2,1-3H3,(H,17,18,20,22);2-5,7,10,17-18H,1H2,(H2,12,13,14)/t9-,10?,12+,15-;4-,5?,7+,10-/m11/s1. The Balaban J connectivity index is 0.000000181. The Hall–Kier alpha value is -4.46. The minimum absolute atomic E-state index is 0.187. The van der Waals surface area contributed by atoms with Crippen LogP contribution in [0.5, 0.6) is 0 Å². The highest BCUT2D eigenvalue weighted by atomic mass is 19.1. The predicted octanol–water partition coefficient (Wildman–Crippen LogP) is 0.359. The molecule has 6 heterocycles. The number of carbonyl (C=O) groups excluding carboxylic acids is 2. The molecule has 0 radical (unpaired) electrons. The second kappa shape index (κ2) is 12.6. The molecule has 4 aromatic heterocycles. The number of amides is 1. The third-order valence-corrected chi connectivity index (χ3v) is 7.03. The molecular weight excluding hydrogens is 590 g/mol. The molecule has 2 fully saturated rings. The molecule has 2 aliphatic heterocycles. The molecule has 5 N–H and O–H groups in total. The van der Waals surface area contributed by atoms with E-state index in [4.69, 9.17) is 25.1 Å². The van der Waals surface area contributed by atoms with Crippen molar-refractivity contribution in [3.8, 4) is 0 Å². The van der Waals surface area contributed by atoms with Crippen LogP contribution in [-0.4, -0.2) is 104 Å². The van der Waals surface area contributed by atoms with Gasteiger partial charge in [0.05, 0.1) is 25.4 Å². The number of rotatable bonds is 6. The summed E-state index contributed by atoms with van der Waals surface area (Å²) < 4.78 is 47.3. The summed E-state index contributed by atoms with van der Waals surface area (Å²) in [7, 11) is 0. The molecule has 8 atom stereocenters. The maximum absolute atomic E-state index is 14.6. The lowest BCUT2D eigenvalue weighted by atomic mass is 10.1. The number of nitrogen functional groups attached to an aromatic ring is 1. The first-order chi connectivity index (χ1) is 21.0. The number of hydrogen-bond donors (Lipinski definition) is 4. The van der Waals surface area contributed by atoms with E-state index in [0.29, 0.717) is 28.7 Å². The molecule has 1 amide bonds. The van der Waals surface area contributed by atoms with Crippen LogP contribution in [0, 0.1) is 0 Å². The molecule has 236 valence electrons. The maximum Gasteiger partial charge on any atom is 0.303 e. The van der Waals surface area contributed by atoms with Crippen molar-refractivity contribution < 1.29 is 42.8 Å². The lowest BCUT2D eigenvalue weighted by molar-refractivity contribution is -0.154. The van der Waals surface area contributed by atoms with E-state index in [0.717, 1.165) is 0 Å². The Kier molecular flexibility index (Phi) is 8.90. The maximum atomic E-state index is 14.6. The highest BCUT2D eigenvalue weighted by molar-refractivity contribution is 5.95. The average molecular weight is 621 g/mol. The zero-order chi connectivity index (χ0) is 31.7. The van der Waals surface area contributed by atoms with Crippen LogP contribution in [0.1, 0.15) is 39.6 Å². The number of halogens is 2. The molecule has 19 heteroatoms. The fraction of sp³-hybridized carbons (Fsp3) is 0.520. The van der Waals surface area contributed by atoms with Gasteiger partial charge in [-0.25, -0.2) is 38.7 Å². The summed E-state index contributed by atoms with van der Waals surface area (Å²) in [5.74, 6) is -0.482. The number of aliphatic hydroxyl groups excluding tert-OH is 2. The van der Waals surface area contributed by atoms with Crippen LogP contribution in [0.3, 0.4) is 0 Å². The molecule has 2 saturated heterocycles. The first kappa shape index (κ1) is 31.0. The van der Waals surface area contributed by atoms with E-state index in [2.05, 4.69) is 35.2 Å². The monoisotopic (exact) mass is 620 g/mol. The number of aliphatic hydroxyl groups is 2. The lowest BCUT2D eigenvalue weighted by Crippen LogP contribution is -2.32. The van der Waals surface area contributed by atoms with Crippen molar-refractivity contribution in [2.75, 3.05) is 17.7 Å². The Morgan fingerprint density at radius 2 is 1.57 bits per heavy atom. The van der Waals surface area contributed by atoms with E-state index in [-0.39, 0.29) is 17.5 Å². The second-order valence-electron chi connectivity index (χ2n) is 9.98. The third-order valence-electron chi connectivity index (χ3n) is 7.03. The van der Waals surface area contributed by atoms with Gasteiger partial charge in [-0.15, -0.1) is 0 Å². The number of alkyl halides is 2. The lowest BCUT2D eigenvalue weighted by Gasteiger charge is -2.20. The molecule has 17 nitrogen and oxygen atoms in total. The number of nitrogens with two attached hydrogens (primary N) is 1. The molecule has 4 aromatic rings. The van der Waals surface area contributed by atoms with Crippen molar-refractivity contribution in [3.05, 3.63) is 25.3 Å². The number of nitrogens with one attached hydrogen (secondary N) is 1. The second-order valence-corrected chi connectivity index (χ2v) is 9.98. The summed E-state index contributed by atoms with van der Waals surface area (Å²) >= 11 is 0. The number of carbonyl (C=O) groups is 2. The first-order valence-electron chi connectivity index (χ1n) is 13.5. The van der Waals surface area contributed by atoms with Gasteiger partial charge >= 0.3 is 5.97 Å². The molecular formula is C25H30F2N10O7. The summed E-state index contributed by atoms with van der Waals surface area (Å²) in [4.78, 5) is 46.7. The van der Waals surface area contributed by atoms with E-state index in [1.807, 2.05) is 0 Å². The number of imidazole rings is 2. The Labute approximate surface area is 247 Å². The number of fused-ring (bicyclic) bond motifs is 2. The smallest absolute Gasteiger partial charge is 0.303 e. The van der Waals surface area contributed by atoms with Gasteiger partial charge in [0.2, 0.25) is 5.91 Å². The highest BCUT2D eigenvalue weighted by Gasteiger charge is 2.48. The number of anilines is 2.